The van der Waals surface area contributed by atoms with E-state index in [0.717, 1.165) is 5.56 Å². The summed E-state index contributed by atoms with van der Waals surface area (Å²) in [5.74, 6) is -0.586. The molecule has 18 heavy (non-hydrogen) atoms. The van der Waals surface area contributed by atoms with Crippen LogP contribution >= 0.6 is 0 Å². The van der Waals surface area contributed by atoms with Crippen molar-refractivity contribution in [1.82, 2.24) is 9.97 Å². The minimum absolute atomic E-state index is 0.180. The molecule has 4 nitrogen and oxygen atoms in total. The molecule has 2 heterocycles. The van der Waals surface area contributed by atoms with E-state index >= 15 is 0 Å². The molecule has 0 amide bonds. The van der Waals surface area contributed by atoms with Crippen LogP contribution in [-0.2, 0) is 0 Å². The third kappa shape index (κ3) is 2.07. The highest BCUT2D eigenvalue weighted by Gasteiger charge is 2.14. The second-order valence-electron chi connectivity index (χ2n) is 4.06. The van der Waals surface area contributed by atoms with Crippen LogP contribution in [0.1, 0.15) is 17.0 Å². The second-order valence-corrected chi connectivity index (χ2v) is 4.06. The fraction of sp³-hybridized carbons (Fsp3) is 0.154. The van der Waals surface area contributed by atoms with E-state index in [0.29, 0.717) is 11.1 Å². The van der Waals surface area contributed by atoms with Crippen LogP contribution in [0, 0.1) is 25.1 Å². The van der Waals surface area contributed by atoms with Crippen LogP contribution < -0.4 is 5.73 Å². The molecule has 0 aliphatic heterocycles. The molecule has 0 saturated carbocycles. The molecule has 92 valence electrons. The molecule has 0 fully saturated rings. The summed E-state index contributed by atoms with van der Waals surface area (Å²) < 4.78 is 14.1. The van der Waals surface area contributed by atoms with E-state index in [1.54, 1.807) is 25.4 Å². The zero-order valence-corrected chi connectivity index (χ0v) is 10.2. The number of hydrogen-bond acceptors (Lipinski definition) is 3. The monoisotopic (exact) mass is 244 g/mol. The van der Waals surface area contributed by atoms with E-state index in [4.69, 9.17) is 11.1 Å². The Hall–Kier alpha value is -2.30. The van der Waals surface area contributed by atoms with Crippen LogP contribution in [-0.4, -0.2) is 15.8 Å². The van der Waals surface area contributed by atoms with Crippen molar-refractivity contribution in [2.45, 2.75) is 13.8 Å². The molecule has 0 spiro atoms. The summed E-state index contributed by atoms with van der Waals surface area (Å²) >= 11 is 0. The molecular formula is C13H13FN4. The Labute approximate surface area is 104 Å². The van der Waals surface area contributed by atoms with Gasteiger partial charge in [0.25, 0.3) is 0 Å². The number of aryl methyl sites for hydroxylation is 2. The maximum absolute atomic E-state index is 14.1. The first kappa shape index (κ1) is 12.2. The summed E-state index contributed by atoms with van der Waals surface area (Å²) in [5.41, 5.74) is 7.86. The van der Waals surface area contributed by atoms with Crippen molar-refractivity contribution in [3.63, 3.8) is 0 Å². The standard InChI is InChI=1S/C13H13FN4/c1-7-3-4-17-6-10(7)9-5-11(13(15)16)18-8(2)12(9)14/h3-6H,1-2H3,(H3,15,16). The van der Waals surface area contributed by atoms with Crippen LogP contribution in [0.5, 0.6) is 0 Å². The molecule has 0 atom stereocenters. The zero-order chi connectivity index (χ0) is 13.3. The van der Waals surface area contributed by atoms with Crippen LogP contribution in [0.25, 0.3) is 11.1 Å². The highest BCUT2D eigenvalue weighted by Crippen LogP contribution is 2.26. The third-order valence-corrected chi connectivity index (χ3v) is 2.73. The second kappa shape index (κ2) is 4.52. The van der Waals surface area contributed by atoms with Gasteiger partial charge in [0.1, 0.15) is 11.5 Å². The highest BCUT2D eigenvalue weighted by atomic mass is 19.1. The largest absolute Gasteiger partial charge is 0.382 e. The number of aromatic nitrogens is 2. The van der Waals surface area contributed by atoms with Crippen molar-refractivity contribution in [3.05, 3.63) is 47.3 Å². The summed E-state index contributed by atoms with van der Waals surface area (Å²) in [6.45, 7) is 3.43. The minimum Gasteiger partial charge on any atom is -0.382 e. The summed E-state index contributed by atoms with van der Waals surface area (Å²) in [4.78, 5) is 7.94. The number of halogens is 1. The van der Waals surface area contributed by atoms with Gasteiger partial charge in [0.05, 0.1) is 5.69 Å². The Balaban J connectivity index is 2.71. The van der Waals surface area contributed by atoms with E-state index in [-0.39, 0.29) is 17.2 Å². The lowest BCUT2D eigenvalue weighted by atomic mass is 10.0. The van der Waals surface area contributed by atoms with Crippen molar-refractivity contribution >= 4 is 5.84 Å². The summed E-state index contributed by atoms with van der Waals surface area (Å²) in [5, 5.41) is 7.39. The molecular weight excluding hydrogens is 231 g/mol. The van der Waals surface area contributed by atoms with Crippen molar-refractivity contribution in [3.8, 4) is 11.1 Å². The van der Waals surface area contributed by atoms with Gasteiger partial charge in [-0.15, -0.1) is 0 Å². The first-order chi connectivity index (χ1) is 8.50. The summed E-state index contributed by atoms with van der Waals surface area (Å²) in [6, 6.07) is 3.28. The van der Waals surface area contributed by atoms with Gasteiger partial charge in [-0.05, 0) is 31.5 Å². The number of rotatable bonds is 2. The third-order valence-electron chi connectivity index (χ3n) is 2.73. The lowest BCUT2D eigenvalue weighted by Gasteiger charge is -2.10. The molecule has 0 radical (unpaired) electrons. The van der Waals surface area contributed by atoms with E-state index in [1.165, 1.54) is 6.07 Å². The molecule has 2 aromatic rings. The van der Waals surface area contributed by atoms with Crippen LogP contribution in [0.2, 0.25) is 0 Å². The molecule has 0 aliphatic carbocycles. The van der Waals surface area contributed by atoms with Crippen LogP contribution in [0.3, 0.4) is 0 Å². The molecule has 0 aromatic carbocycles. The van der Waals surface area contributed by atoms with Gasteiger partial charge in [-0.1, -0.05) is 0 Å². The number of nitrogen functional groups attached to an aromatic ring is 1. The van der Waals surface area contributed by atoms with Crippen LogP contribution in [0.4, 0.5) is 4.39 Å². The van der Waals surface area contributed by atoms with Gasteiger partial charge in [-0.2, -0.15) is 0 Å². The quantitative estimate of drug-likeness (QED) is 0.628. The fourth-order valence-electron chi connectivity index (χ4n) is 1.74. The number of nitrogens with zero attached hydrogens (tertiary/aromatic N) is 2. The summed E-state index contributed by atoms with van der Waals surface area (Å²) in [6.07, 6.45) is 3.24. The van der Waals surface area contributed by atoms with Gasteiger partial charge in [-0.25, -0.2) is 9.37 Å². The molecule has 3 N–H and O–H groups in total. The number of hydrogen-bond donors (Lipinski definition) is 2. The number of nitrogens with two attached hydrogens (primary N) is 1. The maximum Gasteiger partial charge on any atom is 0.152 e. The average Bonchev–Trinajstić information content (AvgIpc) is 2.33. The predicted octanol–water partition coefficient (Wildman–Crippen LogP) is 2.18. The van der Waals surface area contributed by atoms with Gasteiger partial charge in [0, 0.05) is 23.5 Å². The van der Waals surface area contributed by atoms with Gasteiger partial charge < -0.3 is 5.73 Å². The van der Waals surface area contributed by atoms with E-state index < -0.39 is 5.82 Å². The minimum atomic E-state index is -0.406. The van der Waals surface area contributed by atoms with Gasteiger partial charge in [0.2, 0.25) is 0 Å². The highest BCUT2D eigenvalue weighted by molar-refractivity contribution is 5.94. The number of amidine groups is 1. The van der Waals surface area contributed by atoms with Gasteiger partial charge in [0.15, 0.2) is 5.82 Å². The molecule has 0 aliphatic rings. The first-order valence-electron chi connectivity index (χ1n) is 5.43. The molecule has 0 saturated heterocycles. The first-order valence-corrected chi connectivity index (χ1v) is 5.43. The Morgan fingerprint density at radius 2 is 2.06 bits per heavy atom. The topological polar surface area (TPSA) is 75.7 Å². The Morgan fingerprint density at radius 1 is 1.33 bits per heavy atom. The van der Waals surface area contributed by atoms with Gasteiger partial charge in [-0.3, -0.25) is 10.4 Å². The molecule has 5 heteroatoms. The normalized spacial score (nSPS) is 10.4. The Bertz CT molecular complexity index is 622. The smallest absolute Gasteiger partial charge is 0.152 e. The van der Waals surface area contributed by atoms with E-state index in [9.17, 15) is 4.39 Å². The predicted molar refractivity (Wildman–Crippen MR) is 67.9 cm³/mol. The van der Waals surface area contributed by atoms with Crippen molar-refractivity contribution in [1.29, 1.82) is 5.41 Å². The number of pyridine rings is 2. The fourth-order valence-corrected chi connectivity index (χ4v) is 1.74. The lowest BCUT2D eigenvalue weighted by molar-refractivity contribution is 0.613. The molecule has 0 bridgehead atoms. The van der Waals surface area contributed by atoms with Crippen molar-refractivity contribution in [2.24, 2.45) is 5.73 Å². The van der Waals surface area contributed by atoms with Gasteiger partial charge >= 0.3 is 0 Å². The molecule has 2 rings (SSSR count). The average molecular weight is 244 g/mol. The van der Waals surface area contributed by atoms with Crippen molar-refractivity contribution in [2.75, 3.05) is 0 Å². The molecule has 2 aromatic heterocycles. The zero-order valence-electron chi connectivity index (χ0n) is 10.2. The lowest BCUT2D eigenvalue weighted by Crippen LogP contribution is -2.14. The van der Waals surface area contributed by atoms with Crippen LogP contribution in [0.15, 0.2) is 24.5 Å². The molecule has 0 unspecified atom stereocenters. The Kier molecular flexibility index (Phi) is 3.06. The van der Waals surface area contributed by atoms with E-state index in [1.807, 2.05) is 6.92 Å². The SMILES string of the molecule is Cc1ccncc1-c1cc(C(=N)N)nc(C)c1F. The summed E-state index contributed by atoms with van der Waals surface area (Å²) in [7, 11) is 0. The van der Waals surface area contributed by atoms with Crippen molar-refractivity contribution < 1.29 is 4.39 Å². The maximum atomic E-state index is 14.1. The Morgan fingerprint density at radius 3 is 2.67 bits per heavy atom. The van der Waals surface area contributed by atoms with E-state index in [2.05, 4.69) is 9.97 Å². The number of nitrogens with one attached hydrogen (secondary N) is 1.